The van der Waals surface area contributed by atoms with E-state index >= 15 is 0 Å². The van der Waals surface area contributed by atoms with Crippen molar-refractivity contribution in [3.05, 3.63) is 106 Å². The molecule has 0 radical (unpaired) electrons. The van der Waals surface area contributed by atoms with E-state index in [0.29, 0.717) is 0 Å². The highest BCUT2D eigenvalue weighted by atomic mass is 14.4. The fourth-order valence-electron chi connectivity index (χ4n) is 3.72. The Hall–Kier alpha value is -2.88. The van der Waals surface area contributed by atoms with Crippen LogP contribution in [0.25, 0.3) is 0 Å². The molecule has 0 heterocycles. The predicted molar refractivity (Wildman–Crippen MR) is 74.2 cm³/mol. The van der Waals surface area contributed by atoms with E-state index < -0.39 is 0 Å². The Morgan fingerprint density at radius 2 is 0.600 bits per heavy atom. The average molecular weight is 248 g/mol. The minimum absolute atomic E-state index is 0.266. The number of rotatable bonds is 0. The van der Waals surface area contributed by atoms with Crippen LogP contribution >= 0.6 is 0 Å². The van der Waals surface area contributed by atoms with Crippen LogP contribution < -0.4 is 0 Å². The fraction of sp³-hybridized carbons (Fsp3) is 0.100. The van der Waals surface area contributed by atoms with Crippen molar-refractivity contribution in [3.63, 3.8) is 0 Å². The first-order valence-corrected chi connectivity index (χ1v) is 6.70. The summed E-state index contributed by atoms with van der Waals surface area (Å²) in [7, 11) is 0. The fourth-order valence-corrected chi connectivity index (χ4v) is 3.72. The third-order valence-corrected chi connectivity index (χ3v) is 4.48. The molecule has 0 amide bonds. The maximum atomic E-state index is 3.11. The molecular formula is C20H8. The zero-order chi connectivity index (χ0) is 13.1. The van der Waals surface area contributed by atoms with E-state index in [9.17, 15) is 0 Å². The lowest BCUT2D eigenvalue weighted by atomic mass is 9.62. The normalized spacial score (nSPS) is 19.8. The van der Waals surface area contributed by atoms with Gasteiger partial charge in [-0.25, -0.2) is 0 Å². The first-order valence-electron chi connectivity index (χ1n) is 6.70. The van der Waals surface area contributed by atoms with Gasteiger partial charge in [0.1, 0.15) is 0 Å². The van der Waals surface area contributed by atoms with Crippen LogP contribution in [0.3, 0.4) is 0 Å². The van der Waals surface area contributed by atoms with Crippen LogP contribution in [-0.2, 0) is 0 Å². The SMILES string of the molecule is c1cc2c(cc#1)C1c3cc#ccc3C2c2cc#ccc21. The molecule has 0 spiro atoms. The first-order chi connectivity index (χ1) is 9.95. The molecule has 0 atom stereocenters. The van der Waals surface area contributed by atoms with E-state index in [-0.39, 0.29) is 11.8 Å². The largest absolute Gasteiger partial charge is 0.0699 e. The van der Waals surface area contributed by atoms with Crippen LogP contribution in [0.2, 0.25) is 0 Å². The predicted octanol–water partition coefficient (Wildman–Crippen LogP) is 3.47. The van der Waals surface area contributed by atoms with Gasteiger partial charge in [0.2, 0.25) is 0 Å². The van der Waals surface area contributed by atoms with Crippen LogP contribution in [-0.4, -0.2) is 0 Å². The molecule has 6 rings (SSSR count). The van der Waals surface area contributed by atoms with Gasteiger partial charge in [-0.05, 0) is 69.8 Å². The van der Waals surface area contributed by atoms with E-state index in [1.165, 1.54) is 33.4 Å². The van der Waals surface area contributed by atoms with Crippen LogP contribution in [0.5, 0.6) is 0 Å². The minimum atomic E-state index is 0.266. The summed E-state index contributed by atoms with van der Waals surface area (Å²) in [5.74, 6) is 0.532. The second-order valence-corrected chi connectivity index (χ2v) is 5.33. The molecule has 3 aliphatic carbocycles. The van der Waals surface area contributed by atoms with E-state index in [4.69, 9.17) is 0 Å². The van der Waals surface area contributed by atoms with E-state index in [1.807, 2.05) is 0 Å². The lowest BCUT2D eigenvalue weighted by molar-refractivity contribution is 0.756. The molecule has 2 bridgehead atoms. The Morgan fingerprint density at radius 1 is 0.400 bits per heavy atom. The number of hydrogen-bond acceptors (Lipinski definition) is 0. The molecule has 0 heteroatoms. The Labute approximate surface area is 118 Å². The number of hydrogen-bond donors (Lipinski definition) is 0. The van der Waals surface area contributed by atoms with Crippen molar-refractivity contribution in [1.82, 2.24) is 0 Å². The molecule has 0 aromatic heterocycles. The smallest absolute Gasteiger partial charge is 0.0368 e. The second-order valence-electron chi connectivity index (χ2n) is 5.33. The zero-order valence-electron chi connectivity index (χ0n) is 10.6. The molecule has 0 fully saturated rings. The summed E-state index contributed by atoms with van der Waals surface area (Å²) < 4.78 is 0. The van der Waals surface area contributed by atoms with Crippen molar-refractivity contribution in [2.24, 2.45) is 0 Å². The van der Waals surface area contributed by atoms with Crippen LogP contribution in [0, 0.1) is 36.4 Å². The summed E-state index contributed by atoms with van der Waals surface area (Å²) in [5, 5.41) is 0. The molecule has 20 heavy (non-hydrogen) atoms. The third-order valence-electron chi connectivity index (χ3n) is 4.48. The van der Waals surface area contributed by atoms with Gasteiger partial charge in [-0.15, -0.1) is 0 Å². The van der Waals surface area contributed by atoms with Crippen molar-refractivity contribution < 1.29 is 0 Å². The summed E-state index contributed by atoms with van der Waals surface area (Å²) >= 11 is 0. The monoisotopic (exact) mass is 248 g/mol. The molecule has 0 aliphatic heterocycles. The van der Waals surface area contributed by atoms with Crippen LogP contribution in [0.15, 0.2) is 36.4 Å². The lowest BCUT2D eigenvalue weighted by Crippen LogP contribution is -2.26. The van der Waals surface area contributed by atoms with Crippen molar-refractivity contribution in [2.45, 2.75) is 11.8 Å². The van der Waals surface area contributed by atoms with Crippen LogP contribution in [0.4, 0.5) is 0 Å². The molecule has 3 aromatic carbocycles. The van der Waals surface area contributed by atoms with Crippen molar-refractivity contribution in [1.29, 1.82) is 0 Å². The highest BCUT2D eigenvalue weighted by Gasteiger charge is 2.40. The molecule has 0 nitrogen and oxygen atoms in total. The molecule has 0 saturated carbocycles. The van der Waals surface area contributed by atoms with Gasteiger partial charge >= 0.3 is 0 Å². The maximum Gasteiger partial charge on any atom is 0.0368 e. The summed E-state index contributed by atoms with van der Waals surface area (Å²) in [5.41, 5.74) is 8.04. The zero-order valence-corrected chi connectivity index (χ0v) is 10.6. The van der Waals surface area contributed by atoms with E-state index in [2.05, 4.69) is 72.8 Å². The Morgan fingerprint density at radius 3 is 0.800 bits per heavy atom. The highest BCUT2D eigenvalue weighted by Crippen LogP contribution is 2.54. The van der Waals surface area contributed by atoms with Crippen molar-refractivity contribution in [3.8, 4) is 0 Å². The summed E-state index contributed by atoms with van der Waals surface area (Å²) in [6, 6.07) is 31.1. The molecule has 0 saturated heterocycles. The van der Waals surface area contributed by atoms with E-state index in [1.54, 1.807) is 0 Å². The van der Waals surface area contributed by atoms with Gasteiger partial charge in [0.25, 0.3) is 0 Å². The van der Waals surface area contributed by atoms with Gasteiger partial charge in [-0.2, -0.15) is 0 Å². The molecule has 88 valence electrons. The maximum absolute atomic E-state index is 3.11. The average Bonchev–Trinajstić information content (AvgIpc) is 2.54. The van der Waals surface area contributed by atoms with E-state index in [0.717, 1.165) is 0 Å². The molecular weight excluding hydrogens is 240 g/mol. The van der Waals surface area contributed by atoms with Crippen molar-refractivity contribution in [2.75, 3.05) is 0 Å². The molecule has 0 unspecified atom stereocenters. The Balaban J connectivity index is 1.93. The topological polar surface area (TPSA) is 0 Å². The molecule has 3 aliphatic rings. The van der Waals surface area contributed by atoms with Gasteiger partial charge in [0, 0.05) is 11.8 Å². The second kappa shape index (κ2) is 3.36. The molecule has 0 N–H and O–H groups in total. The molecule has 3 aromatic rings. The minimum Gasteiger partial charge on any atom is -0.0699 e. The summed E-state index contributed by atoms with van der Waals surface area (Å²) in [6.45, 7) is 0. The summed E-state index contributed by atoms with van der Waals surface area (Å²) in [4.78, 5) is 0. The Bertz CT molecular complexity index is 647. The third kappa shape index (κ3) is 1.03. The van der Waals surface area contributed by atoms with Gasteiger partial charge in [-0.1, -0.05) is 36.4 Å². The first kappa shape index (κ1) is 9.97. The highest BCUT2D eigenvalue weighted by molar-refractivity contribution is 5.66. The Kier molecular flexibility index (Phi) is 1.68. The van der Waals surface area contributed by atoms with Gasteiger partial charge in [0.15, 0.2) is 0 Å². The van der Waals surface area contributed by atoms with Gasteiger partial charge in [0.05, 0.1) is 0 Å². The lowest BCUT2D eigenvalue weighted by Gasteiger charge is -2.40. The van der Waals surface area contributed by atoms with Gasteiger partial charge < -0.3 is 0 Å². The van der Waals surface area contributed by atoms with Crippen LogP contribution in [0.1, 0.15) is 45.2 Å². The standard InChI is InChI=1S/C20H8/c1-2-8-14-13(7-1)19-15-9-3-5-11-17(15)20(14)18-12-6-4-10-16(18)19/h7-12,19-20H. The summed E-state index contributed by atoms with van der Waals surface area (Å²) in [6.07, 6.45) is 0. The van der Waals surface area contributed by atoms with Crippen molar-refractivity contribution >= 4 is 0 Å². The quantitative estimate of drug-likeness (QED) is 0.393. The van der Waals surface area contributed by atoms with Gasteiger partial charge in [-0.3, -0.25) is 0 Å².